The molecule has 0 unspecified atom stereocenters. The average molecular weight is 403 g/mol. The van der Waals surface area contributed by atoms with Crippen LogP contribution in [0.5, 0.6) is 5.75 Å². The molecular weight excluding hydrogens is 390 g/mol. The Balaban J connectivity index is 1.73. The van der Waals surface area contributed by atoms with Crippen molar-refractivity contribution in [2.45, 2.75) is 6.54 Å². The van der Waals surface area contributed by atoms with Crippen molar-refractivity contribution in [3.8, 4) is 17.1 Å². The zero-order valence-corrected chi connectivity index (χ0v) is 15.7. The van der Waals surface area contributed by atoms with Crippen molar-refractivity contribution >= 4 is 34.2 Å². The number of aromatic nitrogens is 4. The fourth-order valence-corrected chi connectivity index (χ4v) is 3.21. The number of hydrogen-bond acceptors (Lipinski definition) is 4. The van der Waals surface area contributed by atoms with E-state index < -0.39 is 5.82 Å². The number of methoxy groups -OCH3 is 1. The van der Waals surface area contributed by atoms with Gasteiger partial charge in [-0.3, -0.25) is 4.68 Å². The minimum Gasteiger partial charge on any atom is -0.497 e. The first kappa shape index (κ1) is 17.7. The number of fused-ring (bicyclic) bond motifs is 1. The lowest BCUT2D eigenvalue weighted by Crippen LogP contribution is -1.99. The lowest BCUT2D eigenvalue weighted by atomic mass is 10.2. The van der Waals surface area contributed by atoms with Crippen molar-refractivity contribution in [3.63, 3.8) is 0 Å². The van der Waals surface area contributed by atoms with Gasteiger partial charge in [0, 0.05) is 0 Å². The summed E-state index contributed by atoms with van der Waals surface area (Å²) < 4.78 is 21.1. The molecule has 0 fully saturated rings. The van der Waals surface area contributed by atoms with Crippen LogP contribution in [0.15, 0.2) is 48.7 Å². The molecule has 27 heavy (non-hydrogen) atoms. The molecule has 0 saturated carbocycles. The van der Waals surface area contributed by atoms with Gasteiger partial charge in [0.2, 0.25) is 0 Å². The molecule has 4 aromatic rings. The third-order valence-electron chi connectivity index (χ3n) is 4.06. The average Bonchev–Trinajstić information content (AvgIpc) is 3.05. The minimum atomic E-state index is -0.511. The van der Waals surface area contributed by atoms with Gasteiger partial charge in [-0.25, -0.2) is 14.4 Å². The van der Waals surface area contributed by atoms with E-state index >= 15 is 0 Å². The highest BCUT2D eigenvalue weighted by molar-refractivity contribution is 6.34. The zero-order valence-electron chi connectivity index (χ0n) is 14.2. The summed E-state index contributed by atoms with van der Waals surface area (Å²) in [6.07, 6.45) is 1.74. The molecule has 0 aliphatic carbocycles. The van der Waals surface area contributed by atoms with Crippen LogP contribution in [0.3, 0.4) is 0 Å². The zero-order chi connectivity index (χ0) is 19.0. The summed E-state index contributed by atoms with van der Waals surface area (Å²) in [5.41, 5.74) is 2.11. The summed E-state index contributed by atoms with van der Waals surface area (Å²) >= 11 is 12.4. The monoisotopic (exact) mass is 402 g/mol. The summed E-state index contributed by atoms with van der Waals surface area (Å²) in [5.74, 6) is 0.396. The highest BCUT2D eigenvalue weighted by atomic mass is 35.5. The largest absolute Gasteiger partial charge is 0.497 e. The van der Waals surface area contributed by atoms with E-state index in [1.807, 2.05) is 24.3 Å². The fourth-order valence-electron chi connectivity index (χ4n) is 2.75. The molecule has 0 bridgehead atoms. The molecule has 5 nitrogen and oxygen atoms in total. The molecule has 2 aromatic heterocycles. The number of hydrogen-bond donors (Lipinski definition) is 0. The van der Waals surface area contributed by atoms with Gasteiger partial charge in [0.1, 0.15) is 22.6 Å². The molecule has 2 aromatic carbocycles. The predicted molar refractivity (Wildman–Crippen MR) is 103 cm³/mol. The Labute approximate surface area is 164 Å². The first-order chi connectivity index (χ1) is 13.0. The normalized spacial score (nSPS) is 11.1. The van der Waals surface area contributed by atoms with Crippen LogP contribution in [0, 0.1) is 5.82 Å². The summed E-state index contributed by atoms with van der Waals surface area (Å²) in [4.78, 5) is 8.57. The number of nitrogens with zero attached hydrogens (tertiary/aromatic N) is 4. The van der Waals surface area contributed by atoms with Crippen LogP contribution in [0.4, 0.5) is 4.39 Å². The van der Waals surface area contributed by atoms with E-state index in [1.165, 1.54) is 12.1 Å². The van der Waals surface area contributed by atoms with Gasteiger partial charge in [0.05, 0.1) is 30.4 Å². The first-order valence-electron chi connectivity index (χ1n) is 8.03. The van der Waals surface area contributed by atoms with Gasteiger partial charge in [-0.1, -0.05) is 41.4 Å². The van der Waals surface area contributed by atoms with Crippen molar-refractivity contribution in [1.82, 2.24) is 19.7 Å². The third-order valence-corrected chi connectivity index (χ3v) is 4.64. The second-order valence-electron chi connectivity index (χ2n) is 5.84. The summed E-state index contributed by atoms with van der Waals surface area (Å²) in [6, 6.07) is 12.1. The van der Waals surface area contributed by atoms with Gasteiger partial charge in [-0.05, 0) is 29.8 Å². The Bertz CT molecular complexity index is 1110. The first-order valence-corrected chi connectivity index (χ1v) is 8.79. The highest BCUT2D eigenvalue weighted by Crippen LogP contribution is 2.30. The SMILES string of the molecule is COc1ccc(Cn2cc3nc(-c4c(F)cccc4Cl)nc(Cl)c3n2)cc1. The van der Waals surface area contributed by atoms with E-state index in [-0.39, 0.29) is 21.6 Å². The minimum absolute atomic E-state index is 0.117. The van der Waals surface area contributed by atoms with Gasteiger partial charge >= 0.3 is 0 Å². The van der Waals surface area contributed by atoms with E-state index in [2.05, 4.69) is 15.1 Å². The maximum atomic E-state index is 14.2. The van der Waals surface area contributed by atoms with Gasteiger partial charge in [0.15, 0.2) is 11.0 Å². The van der Waals surface area contributed by atoms with Crippen LogP contribution in [-0.2, 0) is 6.54 Å². The number of halogens is 3. The van der Waals surface area contributed by atoms with Crippen molar-refractivity contribution < 1.29 is 9.13 Å². The Morgan fingerprint density at radius 2 is 1.85 bits per heavy atom. The topological polar surface area (TPSA) is 52.8 Å². The molecule has 0 aliphatic rings. The maximum Gasteiger partial charge on any atom is 0.166 e. The van der Waals surface area contributed by atoms with E-state index in [1.54, 1.807) is 24.1 Å². The van der Waals surface area contributed by atoms with Gasteiger partial charge < -0.3 is 4.74 Å². The molecule has 0 aliphatic heterocycles. The van der Waals surface area contributed by atoms with Crippen LogP contribution in [0.2, 0.25) is 10.2 Å². The van der Waals surface area contributed by atoms with Crippen LogP contribution < -0.4 is 4.74 Å². The van der Waals surface area contributed by atoms with Crippen molar-refractivity contribution in [2.24, 2.45) is 0 Å². The Hall–Kier alpha value is -2.70. The Morgan fingerprint density at radius 3 is 2.56 bits per heavy atom. The lowest BCUT2D eigenvalue weighted by molar-refractivity contribution is 0.414. The van der Waals surface area contributed by atoms with Gasteiger partial charge in [0.25, 0.3) is 0 Å². The van der Waals surface area contributed by atoms with Gasteiger partial charge in [-0.2, -0.15) is 5.10 Å². The van der Waals surface area contributed by atoms with Crippen molar-refractivity contribution in [1.29, 1.82) is 0 Å². The standard InChI is InChI=1S/C19H13Cl2FN4O/c1-27-12-7-5-11(6-8-12)9-26-10-15-17(25-26)18(21)24-19(23-15)16-13(20)3-2-4-14(16)22/h2-8,10H,9H2,1H3. The lowest BCUT2D eigenvalue weighted by Gasteiger charge is -2.04. The predicted octanol–water partition coefficient (Wildman–Crippen LogP) is 5.00. The Kier molecular flexibility index (Phi) is 4.68. The molecule has 136 valence electrons. The van der Waals surface area contributed by atoms with E-state index in [4.69, 9.17) is 27.9 Å². The maximum absolute atomic E-state index is 14.2. The van der Waals surface area contributed by atoms with Crippen LogP contribution in [-0.4, -0.2) is 26.9 Å². The quantitative estimate of drug-likeness (QED) is 0.450. The van der Waals surface area contributed by atoms with Crippen LogP contribution >= 0.6 is 23.2 Å². The van der Waals surface area contributed by atoms with Crippen LogP contribution in [0.25, 0.3) is 22.4 Å². The number of ether oxygens (including phenoxy) is 1. The van der Waals surface area contributed by atoms with Crippen LogP contribution in [0.1, 0.15) is 5.56 Å². The summed E-state index contributed by atoms with van der Waals surface area (Å²) in [5, 5.41) is 4.79. The summed E-state index contributed by atoms with van der Waals surface area (Å²) in [6.45, 7) is 0.520. The molecule has 0 spiro atoms. The molecular formula is C19H13Cl2FN4O. The number of rotatable bonds is 4. The molecule has 0 atom stereocenters. The highest BCUT2D eigenvalue weighted by Gasteiger charge is 2.17. The van der Waals surface area contributed by atoms with E-state index in [0.717, 1.165) is 11.3 Å². The van der Waals surface area contributed by atoms with Gasteiger partial charge in [-0.15, -0.1) is 0 Å². The molecule has 0 radical (unpaired) electrons. The third kappa shape index (κ3) is 3.46. The second-order valence-corrected chi connectivity index (χ2v) is 6.61. The molecule has 0 N–H and O–H groups in total. The Morgan fingerprint density at radius 1 is 1.07 bits per heavy atom. The van der Waals surface area contributed by atoms with E-state index in [9.17, 15) is 4.39 Å². The molecule has 2 heterocycles. The molecule has 0 saturated heterocycles. The fraction of sp³-hybridized carbons (Fsp3) is 0.105. The molecule has 4 rings (SSSR count). The molecule has 8 heteroatoms. The summed E-state index contributed by atoms with van der Waals surface area (Å²) in [7, 11) is 1.62. The van der Waals surface area contributed by atoms with Crippen molar-refractivity contribution in [3.05, 3.63) is 70.2 Å². The molecule has 0 amide bonds. The smallest absolute Gasteiger partial charge is 0.166 e. The number of benzene rings is 2. The van der Waals surface area contributed by atoms with Crippen molar-refractivity contribution in [2.75, 3.05) is 7.11 Å². The van der Waals surface area contributed by atoms with E-state index in [0.29, 0.717) is 17.6 Å². The second kappa shape index (κ2) is 7.13.